The average molecular weight is 641 g/mol. The molecular weight excluding hydrogens is 599 g/mol. The molecule has 4 atom stereocenters. The summed E-state index contributed by atoms with van der Waals surface area (Å²) in [6.45, 7) is 9.08. The molecule has 2 aromatic rings. The number of nitrogens with one attached hydrogen (secondary N) is 1. The predicted octanol–water partition coefficient (Wildman–Crippen LogP) is 5.94. The Labute approximate surface area is 262 Å². The van der Waals surface area contributed by atoms with Gasteiger partial charge in [0.15, 0.2) is 5.79 Å². The van der Waals surface area contributed by atoms with Crippen molar-refractivity contribution in [1.82, 2.24) is 10.2 Å². The second-order valence-electron chi connectivity index (χ2n) is 12.7. The minimum Gasteiger partial charge on any atom is -0.395 e. The number of rotatable bonds is 12. The van der Waals surface area contributed by atoms with Gasteiger partial charge in [0.05, 0.1) is 30.3 Å². The number of aliphatic hydroxyl groups is 2. The minimum absolute atomic E-state index is 0.00137. The monoisotopic (exact) mass is 639 g/mol. The van der Waals surface area contributed by atoms with Crippen LogP contribution in [-0.2, 0) is 14.9 Å². The van der Waals surface area contributed by atoms with E-state index < -0.39 is 52.2 Å². The number of carbonyl (C=O) groups is 1. The van der Waals surface area contributed by atoms with Gasteiger partial charge < -0.3 is 20.3 Å². The van der Waals surface area contributed by atoms with Crippen molar-refractivity contribution in [2.24, 2.45) is 5.41 Å². The molecule has 0 radical (unpaired) electrons. The van der Waals surface area contributed by atoms with E-state index in [0.717, 1.165) is 6.07 Å². The molecule has 0 bridgehead atoms. The van der Waals surface area contributed by atoms with Gasteiger partial charge in [0.25, 0.3) is 0 Å². The maximum Gasteiger partial charge on any atom is 0.238 e. The lowest BCUT2D eigenvalue weighted by molar-refractivity contribution is -0.176. The Bertz CT molecular complexity index is 1330. The van der Waals surface area contributed by atoms with Crippen molar-refractivity contribution in [3.05, 3.63) is 69.2 Å². The Morgan fingerprint density at radius 1 is 1.16 bits per heavy atom. The third kappa shape index (κ3) is 8.05. The molecule has 236 valence electrons. The second kappa shape index (κ2) is 14.2. The van der Waals surface area contributed by atoms with Crippen LogP contribution < -0.4 is 5.32 Å². The number of ether oxygens (including phenoxy) is 1. The second-order valence-corrected chi connectivity index (χ2v) is 13.5. The van der Waals surface area contributed by atoms with Gasteiger partial charge >= 0.3 is 0 Å². The van der Waals surface area contributed by atoms with Crippen LogP contribution in [0.15, 0.2) is 36.4 Å². The molecule has 43 heavy (non-hydrogen) atoms. The summed E-state index contributed by atoms with van der Waals surface area (Å²) >= 11 is 12.3. The van der Waals surface area contributed by atoms with Crippen LogP contribution in [0.1, 0.15) is 70.9 Å². The number of benzene rings is 2. The first-order chi connectivity index (χ1) is 20.1. The van der Waals surface area contributed by atoms with Crippen molar-refractivity contribution in [3.63, 3.8) is 0 Å². The smallest absolute Gasteiger partial charge is 0.238 e. The molecule has 1 aliphatic heterocycles. The van der Waals surface area contributed by atoms with Crippen molar-refractivity contribution in [2.45, 2.75) is 83.1 Å². The molecule has 0 spiro atoms. The predicted molar refractivity (Wildman–Crippen MR) is 163 cm³/mol. The van der Waals surface area contributed by atoms with Crippen LogP contribution in [0, 0.1) is 28.4 Å². The molecule has 11 heteroatoms. The van der Waals surface area contributed by atoms with Gasteiger partial charge in [-0.25, -0.2) is 8.78 Å². The zero-order chi connectivity index (χ0) is 32.2. The van der Waals surface area contributed by atoms with Gasteiger partial charge in [0.1, 0.15) is 17.0 Å². The molecule has 0 aliphatic carbocycles. The lowest BCUT2D eigenvalue weighted by Crippen LogP contribution is -2.50. The van der Waals surface area contributed by atoms with Gasteiger partial charge in [-0.15, -0.1) is 0 Å². The van der Waals surface area contributed by atoms with E-state index in [2.05, 4.69) is 11.4 Å². The maximum atomic E-state index is 15.9. The molecule has 1 heterocycles. The summed E-state index contributed by atoms with van der Waals surface area (Å²) in [5, 5.41) is 33.8. The highest BCUT2D eigenvalue weighted by molar-refractivity contribution is 6.31. The van der Waals surface area contributed by atoms with Crippen molar-refractivity contribution in [2.75, 3.05) is 26.3 Å². The highest BCUT2D eigenvalue weighted by atomic mass is 35.5. The third-order valence-corrected chi connectivity index (χ3v) is 8.25. The summed E-state index contributed by atoms with van der Waals surface area (Å²) in [4.78, 5) is 15.8. The zero-order valence-corrected chi connectivity index (χ0v) is 26.8. The molecule has 7 nitrogen and oxygen atoms in total. The van der Waals surface area contributed by atoms with E-state index >= 15 is 8.78 Å². The summed E-state index contributed by atoms with van der Waals surface area (Å²) in [6, 6.07) is 8.77. The number of halogens is 4. The van der Waals surface area contributed by atoms with E-state index in [4.69, 9.17) is 27.9 Å². The van der Waals surface area contributed by atoms with Gasteiger partial charge in [-0.3, -0.25) is 9.69 Å². The van der Waals surface area contributed by atoms with Crippen molar-refractivity contribution in [1.29, 1.82) is 5.26 Å². The van der Waals surface area contributed by atoms with Crippen LogP contribution in [0.2, 0.25) is 10.0 Å². The van der Waals surface area contributed by atoms with Crippen LogP contribution in [0.3, 0.4) is 0 Å². The SMILES string of the molecule is CC(C)(C)C[C@@H]1N(CCO)[C@@H](C(=O)NCCCCOC(C)(C)O)C(c2cccc(Cl)c2F)[C@@]1(C#N)c1ccc(Cl)cc1F. The Kier molecular flexibility index (Phi) is 11.6. The van der Waals surface area contributed by atoms with E-state index in [1.807, 2.05) is 20.8 Å². The summed E-state index contributed by atoms with van der Waals surface area (Å²) in [7, 11) is 0. The van der Waals surface area contributed by atoms with Gasteiger partial charge in [-0.05, 0) is 62.3 Å². The number of hydrogen-bond acceptors (Lipinski definition) is 6. The van der Waals surface area contributed by atoms with Crippen molar-refractivity contribution >= 4 is 29.1 Å². The quantitative estimate of drug-likeness (QED) is 0.196. The first-order valence-electron chi connectivity index (χ1n) is 14.4. The fourth-order valence-electron chi connectivity index (χ4n) is 6.09. The summed E-state index contributed by atoms with van der Waals surface area (Å²) in [5.74, 6) is -4.52. The van der Waals surface area contributed by atoms with E-state index in [1.54, 1.807) is 4.90 Å². The summed E-state index contributed by atoms with van der Waals surface area (Å²) < 4.78 is 37.2. The number of nitrogens with zero attached hydrogens (tertiary/aromatic N) is 2. The topological polar surface area (TPSA) is 106 Å². The Morgan fingerprint density at radius 3 is 2.44 bits per heavy atom. The molecule has 3 N–H and O–H groups in total. The van der Waals surface area contributed by atoms with E-state index in [9.17, 15) is 20.3 Å². The van der Waals surface area contributed by atoms with Gasteiger partial charge in [0.2, 0.25) is 5.91 Å². The highest BCUT2D eigenvalue weighted by Crippen LogP contribution is 2.56. The Morgan fingerprint density at radius 2 is 1.86 bits per heavy atom. The number of nitriles is 1. The average Bonchev–Trinajstić information content (AvgIpc) is 3.15. The van der Waals surface area contributed by atoms with Crippen LogP contribution in [0.5, 0.6) is 0 Å². The number of aliphatic hydroxyl groups excluding tert-OH is 1. The standard InChI is InChI=1S/C32H41Cl2F2N3O4/c1-30(2,3)18-25-32(19-37,22-12-11-20(33)17-24(22)35)26(21-9-8-10-23(34)27(21)36)28(39(25)14-15-40)29(41)38-13-6-7-16-43-31(4,5)42/h8-12,17,25-26,28,40,42H,6-7,13-16,18H2,1-5H3,(H,38,41)/t25-,26?,28+,32-/m0/s1. The molecular formula is C32H41Cl2F2N3O4. The number of β-amino-alcohol motifs (C(OH)–C–C–N with tert-alkyl or cyclic N) is 1. The Balaban J connectivity index is 2.20. The lowest BCUT2D eigenvalue weighted by Gasteiger charge is -2.39. The zero-order valence-electron chi connectivity index (χ0n) is 25.3. The number of likely N-dealkylation sites (tertiary alicyclic amines) is 1. The fourth-order valence-corrected chi connectivity index (χ4v) is 6.43. The number of carbonyl (C=O) groups excluding carboxylic acids is 1. The number of unbranched alkanes of at least 4 members (excludes halogenated alkanes) is 1. The first-order valence-corrected chi connectivity index (χ1v) is 15.1. The third-order valence-electron chi connectivity index (χ3n) is 7.73. The first kappa shape index (κ1) is 35.2. The molecule has 3 rings (SSSR count). The largest absolute Gasteiger partial charge is 0.395 e. The molecule has 2 aromatic carbocycles. The van der Waals surface area contributed by atoms with Gasteiger partial charge in [-0.1, -0.05) is 62.2 Å². The fraction of sp³-hybridized carbons (Fsp3) is 0.562. The molecule has 0 saturated carbocycles. The van der Waals surface area contributed by atoms with E-state index in [0.29, 0.717) is 19.3 Å². The number of hydrogen-bond donors (Lipinski definition) is 3. The van der Waals surface area contributed by atoms with Crippen molar-refractivity contribution in [3.8, 4) is 6.07 Å². The normalized spacial score (nSPS) is 22.9. The summed E-state index contributed by atoms with van der Waals surface area (Å²) in [5.41, 5.74) is -2.20. The molecule has 1 amide bonds. The Hall–Kier alpha value is -2.32. The van der Waals surface area contributed by atoms with Crippen LogP contribution in [0.25, 0.3) is 0 Å². The highest BCUT2D eigenvalue weighted by Gasteiger charge is 2.64. The van der Waals surface area contributed by atoms with E-state index in [-0.39, 0.29) is 47.5 Å². The molecule has 1 unspecified atom stereocenters. The maximum absolute atomic E-state index is 15.9. The van der Waals surface area contributed by atoms with Gasteiger partial charge in [-0.2, -0.15) is 5.26 Å². The molecule has 0 aromatic heterocycles. The van der Waals surface area contributed by atoms with Crippen LogP contribution in [0.4, 0.5) is 8.78 Å². The van der Waals surface area contributed by atoms with Crippen molar-refractivity contribution < 1.29 is 28.5 Å². The molecule has 1 saturated heterocycles. The molecule has 1 aliphatic rings. The summed E-state index contributed by atoms with van der Waals surface area (Å²) in [6.07, 6.45) is 1.39. The van der Waals surface area contributed by atoms with Gasteiger partial charge in [0, 0.05) is 35.6 Å². The number of amides is 1. The minimum atomic E-state index is -1.77. The van der Waals surface area contributed by atoms with E-state index in [1.165, 1.54) is 44.2 Å². The molecule has 1 fully saturated rings. The lowest BCUT2D eigenvalue weighted by atomic mass is 9.62. The van der Waals surface area contributed by atoms with Crippen LogP contribution >= 0.6 is 23.2 Å². The van der Waals surface area contributed by atoms with Crippen LogP contribution in [-0.4, -0.2) is 65.2 Å².